The summed E-state index contributed by atoms with van der Waals surface area (Å²) < 4.78 is 34.1. The number of nitrogens with one attached hydrogen (secondary N) is 3. The smallest absolute Gasteiger partial charge is 0.407 e. The van der Waals surface area contributed by atoms with Crippen molar-refractivity contribution in [2.45, 2.75) is 62.8 Å². The summed E-state index contributed by atoms with van der Waals surface area (Å²) in [5.41, 5.74) is 8.80. The number of hydrogen-bond acceptors (Lipinski definition) is 8. The van der Waals surface area contributed by atoms with Gasteiger partial charge in [-0.15, -0.1) is 0 Å². The average Bonchev–Trinajstić information content (AvgIpc) is 3.46. The van der Waals surface area contributed by atoms with Crippen LogP contribution in [0.4, 0.5) is 16.2 Å². The number of sulfonamides is 1. The van der Waals surface area contributed by atoms with Gasteiger partial charge >= 0.3 is 6.09 Å². The minimum atomic E-state index is -3.97. The molecule has 1 aliphatic heterocycles. The minimum absolute atomic E-state index is 0.0303. The molecule has 4 rings (SSSR count). The lowest BCUT2D eigenvalue weighted by molar-refractivity contribution is -0.118. The Hall–Kier alpha value is -3.97. The molecule has 4 atom stereocenters. The number of nitrogen functional groups attached to an aromatic ring is 1. The van der Waals surface area contributed by atoms with Crippen LogP contribution in [0.2, 0.25) is 0 Å². The Balaban J connectivity index is 1.42. The molecule has 12 heteroatoms. The molecule has 45 heavy (non-hydrogen) atoms. The van der Waals surface area contributed by atoms with E-state index in [1.807, 2.05) is 75.4 Å². The first-order chi connectivity index (χ1) is 21.4. The van der Waals surface area contributed by atoms with Gasteiger partial charge < -0.3 is 31.5 Å². The molecule has 242 valence electrons. The predicted molar refractivity (Wildman–Crippen MR) is 174 cm³/mol. The van der Waals surface area contributed by atoms with Gasteiger partial charge in [0.15, 0.2) is 0 Å². The molecule has 1 saturated heterocycles. The van der Waals surface area contributed by atoms with E-state index >= 15 is 0 Å². The molecule has 0 aromatic heterocycles. The van der Waals surface area contributed by atoms with E-state index in [0.717, 1.165) is 11.1 Å². The van der Waals surface area contributed by atoms with Gasteiger partial charge in [0.25, 0.3) is 0 Å². The van der Waals surface area contributed by atoms with Gasteiger partial charge in [0.2, 0.25) is 15.9 Å². The zero-order chi connectivity index (χ0) is 32.6. The Bertz CT molecular complexity index is 1520. The van der Waals surface area contributed by atoms with Crippen molar-refractivity contribution in [1.29, 1.82) is 0 Å². The number of ether oxygens (including phenoxy) is 1. The van der Waals surface area contributed by atoms with Crippen LogP contribution < -0.4 is 21.7 Å². The highest BCUT2D eigenvalue weighted by atomic mass is 32.2. The first-order valence-corrected chi connectivity index (χ1v) is 16.5. The van der Waals surface area contributed by atoms with Crippen LogP contribution in [0, 0.1) is 12.8 Å². The number of carbonyl (C=O) groups is 2. The fourth-order valence-electron chi connectivity index (χ4n) is 5.15. The van der Waals surface area contributed by atoms with Gasteiger partial charge in [-0.1, -0.05) is 61.9 Å². The summed E-state index contributed by atoms with van der Waals surface area (Å²) in [4.78, 5) is 25.9. The molecule has 0 radical (unpaired) electrons. The van der Waals surface area contributed by atoms with Crippen molar-refractivity contribution in [3.05, 3.63) is 90.0 Å². The van der Waals surface area contributed by atoms with Gasteiger partial charge in [-0.05, 0) is 61.2 Å². The van der Waals surface area contributed by atoms with Crippen molar-refractivity contribution in [1.82, 2.24) is 14.9 Å². The van der Waals surface area contributed by atoms with E-state index in [2.05, 4.69) is 16.0 Å². The Morgan fingerprint density at radius 2 is 1.69 bits per heavy atom. The lowest BCUT2D eigenvalue weighted by atomic mass is 10.0. The molecule has 0 bridgehead atoms. The van der Waals surface area contributed by atoms with E-state index in [-0.39, 0.29) is 49.2 Å². The van der Waals surface area contributed by atoms with Gasteiger partial charge in [-0.2, -0.15) is 4.31 Å². The van der Waals surface area contributed by atoms with Crippen LogP contribution >= 0.6 is 0 Å². The summed E-state index contributed by atoms with van der Waals surface area (Å²) in [6.07, 6.45) is -2.09. The Kier molecular flexibility index (Phi) is 11.6. The zero-order valence-corrected chi connectivity index (χ0v) is 26.7. The highest BCUT2D eigenvalue weighted by Gasteiger charge is 2.34. The molecular formula is C33H43N5O6S. The molecular weight excluding hydrogens is 594 g/mol. The standard InChI is InChI=1S/C33H43N5O6S/c1-22(2)20-38(45(42,43)28-15-11-25(34)12-16-28)21-31(39)29(17-24-7-5-4-6-8-24)37-33(41)44-27-18-30(35-19-27)32(40)36-26-13-9-23(3)10-14-26/h4-16,22,27,29-31,35,39H,17-21,34H2,1-3H3,(H,36,40)(H,37,41)/t27-,29+,30+,31+/m1/s1. The molecule has 1 fully saturated rings. The second-order valence-corrected chi connectivity index (χ2v) is 13.8. The van der Waals surface area contributed by atoms with E-state index < -0.39 is 40.4 Å². The molecule has 1 heterocycles. The number of benzene rings is 3. The van der Waals surface area contributed by atoms with Gasteiger partial charge in [0.1, 0.15) is 6.10 Å². The number of aliphatic hydroxyl groups is 1. The van der Waals surface area contributed by atoms with Gasteiger partial charge in [-0.25, -0.2) is 13.2 Å². The van der Waals surface area contributed by atoms with E-state index in [9.17, 15) is 23.1 Å². The number of nitrogens with two attached hydrogens (primary N) is 1. The summed E-state index contributed by atoms with van der Waals surface area (Å²) in [6.45, 7) is 5.93. The first kappa shape index (κ1) is 33.9. The van der Waals surface area contributed by atoms with E-state index in [1.54, 1.807) is 0 Å². The number of aryl methyl sites for hydroxylation is 1. The number of nitrogens with zero attached hydrogens (tertiary/aromatic N) is 1. The van der Waals surface area contributed by atoms with Crippen LogP contribution in [0.5, 0.6) is 0 Å². The second-order valence-electron chi connectivity index (χ2n) is 11.9. The summed E-state index contributed by atoms with van der Waals surface area (Å²) in [7, 11) is -3.97. The monoisotopic (exact) mass is 637 g/mol. The van der Waals surface area contributed by atoms with Crippen molar-refractivity contribution in [2.75, 3.05) is 30.7 Å². The number of carbonyl (C=O) groups excluding carboxylic acids is 2. The molecule has 6 N–H and O–H groups in total. The summed E-state index contributed by atoms with van der Waals surface area (Å²) in [6, 6.07) is 21.2. The highest BCUT2D eigenvalue weighted by Crippen LogP contribution is 2.21. The number of alkyl carbamates (subject to hydrolysis) is 1. The van der Waals surface area contributed by atoms with Crippen molar-refractivity contribution >= 4 is 33.4 Å². The maximum atomic E-state index is 13.6. The fraction of sp³-hybridized carbons (Fsp3) is 0.394. The third-order valence-electron chi connectivity index (χ3n) is 7.54. The predicted octanol–water partition coefficient (Wildman–Crippen LogP) is 3.29. The van der Waals surface area contributed by atoms with Crippen LogP contribution in [0.15, 0.2) is 83.8 Å². The maximum Gasteiger partial charge on any atom is 0.407 e. The average molecular weight is 638 g/mol. The topological polar surface area (TPSA) is 163 Å². The van der Waals surface area contributed by atoms with Crippen molar-refractivity contribution < 1.29 is 27.9 Å². The molecule has 0 saturated carbocycles. The summed E-state index contributed by atoms with van der Waals surface area (Å²) >= 11 is 0. The van der Waals surface area contributed by atoms with Crippen LogP contribution in [0.3, 0.4) is 0 Å². The lowest BCUT2D eigenvalue weighted by Crippen LogP contribution is -2.51. The van der Waals surface area contributed by atoms with Crippen molar-refractivity contribution in [2.24, 2.45) is 5.92 Å². The normalized spacial score (nSPS) is 18.0. The Morgan fingerprint density at radius 1 is 1.02 bits per heavy atom. The zero-order valence-electron chi connectivity index (χ0n) is 25.8. The second kappa shape index (κ2) is 15.3. The Morgan fingerprint density at radius 3 is 2.33 bits per heavy atom. The van der Waals surface area contributed by atoms with Gasteiger partial charge in [-0.3, -0.25) is 4.79 Å². The van der Waals surface area contributed by atoms with Crippen LogP contribution in [0.25, 0.3) is 0 Å². The SMILES string of the molecule is Cc1ccc(NC(=O)[C@@H]2C[C@@H](OC(=O)N[C@@H](Cc3ccccc3)[C@@H](O)CN(CC(C)C)S(=O)(=O)c3ccc(N)cc3)CN2)cc1. The first-order valence-electron chi connectivity index (χ1n) is 15.1. The third kappa shape index (κ3) is 9.76. The van der Waals surface area contributed by atoms with E-state index in [0.29, 0.717) is 11.4 Å². The van der Waals surface area contributed by atoms with Gasteiger partial charge in [0.05, 0.1) is 23.1 Å². The fourth-order valence-corrected chi connectivity index (χ4v) is 6.77. The van der Waals surface area contributed by atoms with Crippen LogP contribution in [0.1, 0.15) is 31.4 Å². The molecule has 11 nitrogen and oxygen atoms in total. The number of amides is 2. The summed E-state index contributed by atoms with van der Waals surface area (Å²) in [5, 5.41) is 20.1. The molecule has 0 spiro atoms. The van der Waals surface area contributed by atoms with E-state index in [1.165, 1.54) is 28.6 Å². The number of rotatable bonds is 13. The van der Waals surface area contributed by atoms with Gasteiger partial charge in [0, 0.05) is 37.4 Å². The minimum Gasteiger partial charge on any atom is -0.445 e. The molecule has 3 aromatic rings. The van der Waals surface area contributed by atoms with Crippen molar-refractivity contribution in [3.8, 4) is 0 Å². The number of aliphatic hydroxyl groups excluding tert-OH is 1. The largest absolute Gasteiger partial charge is 0.445 e. The molecule has 1 aliphatic rings. The third-order valence-corrected chi connectivity index (χ3v) is 9.39. The Labute approximate surface area is 265 Å². The van der Waals surface area contributed by atoms with Crippen LogP contribution in [-0.4, -0.2) is 73.8 Å². The molecule has 2 amide bonds. The highest BCUT2D eigenvalue weighted by molar-refractivity contribution is 7.89. The number of anilines is 2. The van der Waals surface area contributed by atoms with Crippen LogP contribution in [-0.2, 0) is 26.0 Å². The maximum absolute atomic E-state index is 13.6. The molecule has 3 aromatic carbocycles. The lowest BCUT2D eigenvalue weighted by Gasteiger charge is -2.30. The van der Waals surface area contributed by atoms with E-state index in [4.69, 9.17) is 10.5 Å². The summed E-state index contributed by atoms with van der Waals surface area (Å²) in [5.74, 6) is -0.257. The quantitative estimate of drug-likeness (QED) is 0.178. The number of hydrogen-bond donors (Lipinski definition) is 5. The molecule has 0 unspecified atom stereocenters. The van der Waals surface area contributed by atoms with Crippen molar-refractivity contribution in [3.63, 3.8) is 0 Å². The molecule has 0 aliphatic carbocycles.